The number of rotatable bonds is 4. The summed E-state index contributed by atoms with van der Waals surface area (Å²) in [5.74, 6) is 0. The van der Waals surface area contributed by atoms with Crippen LogP contribution in [0.5, 0.6) is 0 Å². The first-order valence-corrected chi connectivity index (χ1v) is 3.04. The van der Waals surface area contributed by atoms with Gasteiger partial charge in [-0.1, -0.05) is 0 Å². The lowest BCUT2D eigenvalue weighted by Gasteiger charge is -2.21. The van der Waals surface area contributed by atoms with Gasteiger partial charge in [-0.3, -0.25) is 0 Å². The van der Waals surface area contributed by atoms with Gasteiger partial charge in [-0.25, -0.2) is 0 Å². The van der Waals surface area contributed by atoms with E-state index >= 15 is 0 Å². The second-order valence-electron chi connectivity index (χ2n) is 2.62. The maximum Gasteiger partial charge on any atom is 0.0700 e. The van der Waals surface area contributed by atoms with E-state index < -0.39 is 0 Å². The lowest BCUT2D eigenvalue weighted by atomic mass is 10.1. The van der Waals surface area contributed by atoms with Crippen LogP contribution in [0.15, 0.2) is 0 Å². The molecule has 0 amide bonds. The highest BCUT2D eigenvalue weighted by Crippen LogP contribution is 2.11. The van der Waals surface area contributed by atoms with Gasteiger partial charge in [0.1, 0.15) is 0 Å². The van der Waals surface area contributed by atoms with Crippen LogP contribution in [0.25, 0.3) is 0 Å². The van der Waals surface area contributed by atoms with E-state index in [1.54, 1.807) is 7.11 Å². The molecule has 0 heterocycles. The zero-order valence-corrected chi connectivity index (χ0v) is 6.44. The number of hydrogen-bond donors (Lipinski definition) is 0. The summed E-state index contributed by atoms with van der Waals surface area (Å²) in [7, 11) is 4.96. The summed E-state index contributed by atoms with van der Waals surface area (Å²) in [6.45, 7) is 4.69. The quantitative estimate of drug-likeness (QED) is 0.577. The molecule has 0 N–H and O–H groups in total. The molecule has 55 valence electrons. The average molecular weight is 131 g/mol. The fourth-order valence-corrected chi connectivity index (χ4v) is 0.420. The molecule has 0 unspecified atom stereocenters. The van der Waals surface area contributed by atoms with Crippen molar-refractivity contribution in [2.75, 3.05) is 13.7 Å². The molecule has 0 saturated heterocycles. The van der Waals surface area contributed by atoms with Crippen molar-refractivity contribution in [2.45, 2.75) is 25.9 Å². The van der Waals surface area contributed by atoms with Crippen LogP contribution in [0.1, 0.15) is 20.3 Å². The Morgan fingerprint density at radius 1 is 1.44 bits per heavy atom. The van der Waals surface area contributed by atoms with Crippen molar-refractivity contribution in [3.05, 3.63) is 7.11 Å². The SMILES string of the molecule is [CH2]OCCC(C)(C)OC. The molecule has 1 radical (unpaired) electrons. The van der Waals surface area contributed by atoms with Crippen LogP contribution in [0.3, 0.4) is 0 Å². The molecule has 0 aliphatic rings. The molecule has 0 saturated carbocycles. The van der Waals surface area contributed by atoms with Crippen molar-refractivity contribution in [3.8, 4) is 0 Å². The van der Waals surface area contributed by atoms with Gasteiger partial charge >= 0.3 is 0 Å². The highest BCUT2D eigenvalue weighted by Gasteiger charge is 2.14. The highest BCUT2D eigenvalue weighted by molar-refractivity contribution is 4.66. The molecule has 0 fully saturated rings. The Balaban J connectivity index is 3.33. The van der Waals surface area contributed by atoms with E-state index in [9.17, 15) is 0 Å². The third-order valence-electron chi connectivity index (χ3n) is 1.40. The molecule has 0 aliphatic heterocycles. The molecule has 0 atom stereocenters. The van der Waals surface area contributed by atoms with Crippen molar-refractivity contribution in [1.82, 2.24) is 0 Å². The summed E-state index contributed by atoms with van der Waals surface area (Å²) in [5, 5.41) is 0. The van der Waals surface area contributed by atoms with Crippen molar-refractivity contribution in [3.63, 3.8) is 0 Å². The van der Waals surface area contributed by atoms with Crippen molar-refractivity contribution < 1.29 is 9.47 Å². The van der Waals surface area contributed by atoms with Gasteiger partial charge in [0.15, 0.2) is 0 Å². The van der Waals surface area contributed by atoms with Crippen molar-refractivity contribution in [1.29, 1.82) is 0 Å². The van der Waals surface area contributed by atoms with E-state index in [2.05, 4.69) is 11.8 Å². The minimum absolute atomic E-state index is 0.0717. The van der Waals surface area contributed by atoms with E-state index in [1.807, 2.05) is 13.8 Å². The van der Waals surface area contributed by atoms with E-state index in [0.717, 1.165) is 6.42 Å². The number of hydrogen-bond acceptors (Lipinski definition) is 2. The fourth-order valence-electron chi connectivity index (χ4n) is 0.420. The fraction of sp³-hybridized carbons (Fsp3) is 0.857. The van der Waals surface area contributed by atoms with E-state index in [4.69, 9.17) is 4.74 Å². The average Bonchev–Trinajstić information content (AvgIpc) is 1.84. The van der Waals surface area contributed by atoms with E-state index in [0.29, 0.717) is 6.61 Å². The lowest BCUT2D eigenvalue weighted by Crippen LogP contribution is -2.23. The third kappa shape index (κ3) is 4.43. The molecule has 0 aromatic rings. The van der Waals surface area contributed by atoms with Crippen LogP contribution in [-0.4, -0.2) is 19.3 Å². The van der Waals surface area contributed by atoms with Crippen LogP contribution in [0, 0.1) is 7.11 Å². The number of ether oxygens (including phenoxy) is 2. The Morgan fingerprint density at radius 2 is 2.00 bits per heavy atom. The Morgan fingerprint density at radius 3 is 2.33 bits per heavy atom. The summed E-state index contributed by atoms with van der Waals surface area (Å²) in [6, 6.07) is 0. The Bertz CT molecular complexity index is 69.3. The smallest absolute Gasteiger partial charge is 0.0700 e. The van der Waals surface area contributed by atoms with Gasteiger partial charge in [-0.05, 0) is 20.3 Å². The molecular weight excluding hydrogens is 116 g/mol. The zero-order valence-electron chi connectivity index (χ0n) is 6.44. The summed E-state index contributed by atoms with van der Waals surface area (Å²) in [5.41, 5.74) is -0.0717. The van der Waals surface area contributed by atoms with E-state index in [1.165, 1.54) is 0 Å². The Labute approximate surface area is 57.2 Å². The molecule has 0 rings (SSSR count). The first kappa shape index (κ1) is 8.92. The van der Waals surface area contributed by atoms with Gasteiger partial charge in [-0.2, -0.15) is 0 Å². The predicted molar refractivity (Wildman–Crippen MR) is 37.0 cm³/mol. The summed E-state index contributed by atoms with van der Waals surface area (Å²) in [4.78, 5) is 0. The second-order valence-corrected chi connectivity index (χ2v) is 2.62. The lowest BCUT2D eigenvalue weighted by molar-refractivity contribution is 0.000522. The molecular formula is C7H15O2. The van der Waals surface area contributed by atoms with Crippen molar-refractivity contribution in [2.24, 2.45) is 0 Å². The van der Waals surface area contributed by atoms with Gasteiger partial charge < -0.3 is 9.47 Å². The largest absolute Gasteiger partial charge is 0.379 e. The van der Waals surface area contributed by atoms with Crippen LogP contribution in [0.2, 0.25) is 0 Å². The maximum absolute atomic E-state index is 5.13. The van der Waals surface area contributed by atoms with Gasteiger partial charge in [0.05, 0.1) is 12.7 Å². The summed E-state index contributed by atoms with van der Waals surface area (Å²) < 4.78 is 9.78. The molecule has 2 heteroatoms. The number of methoxy groups -OCH3 is 1. The van der Waals surface area contributed by atoms with Crippen molar-refractivity contribution >= 4 is 0 Å². The van der Waals surface area contributed by atoms with Crippen LogP contribution >= 0.6 is 0 Å². The van der Waals surface area contributed by atoms with Gasteiger partial charge in [0, 0.05) is 13.7 Å². The molecule has 2 nitrogen and oxygen atoms in total. The molecule has 0 aromatic heterocycles. The highest BCUT2D eigenvalue weighted by atomic mass is 16.5. The molecule has 0 spiro atoms. The monoisotopic (exact) mass is 131 g/mol. The van der Waals surface area contributed by atoms with E-state index in [-0.39, 0.29) is 5.60 Å². The summed E-state index contributed by atoms with van der Waals surface area (Å²) in [6.07, 6.45) is 0.882. The molecule has 9 heavy (non-hydrogen) atoms. The first-order valence-electron chi connectivity index (χ1n) is 3.04. The third-order valence-corrected chi connectivity index (χ3v) is 1.40. The zero-order chi connectivity index (χ0) is 7.33. The van der Waals surface area contributed by atoms with Crippen LogP contribution in [-0.2, 0) is 9.47 Å². The summed E-state index contributed by atoms with van der Waals surface area (Å²) >= 11 is 0. The normalized spacial score (nSPS) is 12.0. The molecule has 0 bridgehead atoms. The minimum Gasteiger partial charge on any atom is -0.379 e. The Kier molecular flexibility index (Phi) is 3.82. The second kappa shape index (κ2) is 3.85. The minimum atomic E-state index is -0.0717. The maximum atomic E-state index is 5.13. The first-order chi connectivity index (χ1) is 4.12. The van der Waals surface area contributed by atoms with Gasteiger partial charge in [-0.15, -0.1) is 0 Å². The predicted octanol–water partition coefficient (Wildman–Crippen LogP) is 1.61. The van der Waals surface area contributed by atoms with Crippen LogP contribution in [0.4, 0.5) is 0 Å². The standard InChI is InChI=1S/C7H15O2/c1-7(2,9-4)5-6-8-3/h3,5-6H2,1-2,4H3. The topological polar surface area (TPSA) is 18.5 Å². The molecule has 0 aromatic carbocycles. The van der Waals surface area contributed by atoms with Crippen LogP contribution < -0.4 is 0 Å². The molecule has 0 aliphatic carbocycles. The van der Waals surface area contributed by atoms with Gasteiger partial charge in [0.2, 0.25) is 0 Å². The van der Waals surface area contributed by atoms with Gasteiger partial charge in [0.25, 0.3) is 0 Å². The Hall–Kier alpha value is -0.0800.